The van der Waals surface area contributed by atoms with Gasteiger partial charge in [0.2, 0.25) is 6.79 Å². The zero-order valence-electron chi connectivity index (χ0n) is 11.6. The van der Waals surface area contributed by atoms with Crippen molar-refractivity contribution < 1.29 is 14.2 Å². The molecule has 0 saturated heterocycles. The van der Waals surface area contributed by atoms with Gasteiger partial charge in [0.1, 0.15) is 11.6 Å². The van der Waals surface area contributed by atoms with Crippen LogP contribution in [0.1, 0.15) is 0 Å². The summed E-state index contributed by atoms with van der Waals surface area (Å²) in [4.78, 5) is 10.7. The molecule has 1 aliphatic rings. The summed E-state index contributed by atoms with van der Waals surface area (Å²) in [6.45, 7) is 0.223. The largest absolute Gasteiger partial charge is 0.496 e. The number of benzene rings is 1. The first-order valence-corrected chi connectivity index (χ1v) is 6.17. The summed E-state index contributed by atoms with van der Waals surface area (Å²) in [6.07, 6.45) is 1.72. The Kier molecular flexibility index (Phi) is 3.06. The maximum Gasteiger partial charge on any atom is 0.231 e. The van der Waals surface area contributed by atoms with Crippen molar-refractivity contribution in [3.8, 4) is 28.6 Å². The van der Waals surface area contributed by atoms with Gasteiger partial charge in [-0.05, 0) is 12.1 Å². The number of fused-ring (bicyclic) bond motifs is 1. The molecule has 3 rings (SSSR count). The Balaban J connectivity index is 2.11. The molecule has 0 bridgehead atoms. The van der Waals surface area contributed by atoms with Crippen LogP contribution >= 0.6 is 0 Å². The predicted molar refractivity (Wildman–Crippen MR) is 74.5 cm³/mol. The lowest BCUT2D eigenvalue weighted by Crippen LogP contribution is -2.11. The molecule has 2 aromatic rings. The molecule has 2 heterocycles. The van der Waals surface area contributed by atoms with Crippen molar-refractivity contribution in [2.24, 2.45) is 0 Å². The zero-order valence-corrected chi connectivity index (χ0v) is 11.6. The van der Waals surface area contributed by atoms with Crippen molar-refractivity contribution in [3.05, 3.63) is 24.4 Å². The van der Waals surface area contributed by atoms with Gasteiger partial charge >= 0.3 is 0 Å². The molecule has 0 saturated carbocycles. The van der Waals surface area contributed by atoms with Gasteiger partial charge in [-0.2, -0.15) is 0 Å². The van der Waals surface area contributed by atoms with Crippen LogP contribution in [0, 0.1) is 0 Å². The number of anilines is 1. The van der Waals surface area contributed by atoms with Crippen molar-refractivity contribution in [1.82, 2.24) is 9.97 Å². The van der Waals surface area contributed by atoms with Gasteiger partial charge in [0.15, 0.2) is 17.3 Å². The van der Waals surface area contributed by atoms with Crippen LogP contribution in [0.15, 0.2) is 24.4 Å². The molecule has 6 heteroatoms. The van der Waals surface area contributed by atoms with E-state index in [2.05, 4.69) is 9.97 Å². The van der Waals surface area contributed by atoms with Crippen LogP contribution in [-0.4, -0.2) is 38.0 Å². The highest BCUT2D eigenvalue weighted by molar-refractivity contribution is 5.70. The molecule has 6 nitrogen and oxygen atoms in total. The van der Waals surface area contributed by atoms with E-state index in [1.165, 1.54) is 0 Å². The van der Waals surface area contributed by atoms with E-state index in [1.807, 2.05) is 31.1 Å². The lowest BCUT2D eigenvalue weighted by Gasteiger charge is -2.13. The van der Waals surface area contributed by atoms with E-state index in [0.717, 1.165) is 11.4 Å². The van der Waals surface area contributed by atoms with Crippen LogP contribution in [0.2, 0.25) is 0 Å². The third-order valence-corrected chi connectivity index (χ3v) is 3.03. The Morgan fingerprint density at radius 2 is 1.95 bits per heavy atom. The highest BCUT2D eigenvalue weighted by atomic mass is 16.7. The van der Waals surface area contributed by atoms with Crippen LogP contribution in [-0.2, 0) is 0 Å². The first-order valence-electron chi connectivity index (χ1n) is 6.17. The van der Waals surface area contributed by atoms with Gasteiger partial charge in [0, 0.05) is 26.4 Å². The molecule has 20 heavy (non-hydrogen) atoms. The summed E-state index contributed by atoms with van der Waals surface area (Å²) >= 11 is 0. The van der Waals surface area contributed by atoms with Crippen molar-refractivity contribution in [3.63, 3.8) is 0 Å². The highest BCUT2D eigenvalue weighted by Crippen LogP contribution is 2.41. The number of ether oxygens (including phenoxy) is 3. The Hall–Kier alpha value is -2.50. The molecule has 0 aliphatic carbocycles. The summed E-state index contributed by atoms with van der Waals surface area (Å²) in [5.74, 6) is 3.43. The third-order valence-electron chi connectivity index (χ3n) is 3.03. The Morgan fingerprint density at radius 1 is 1.20 bits per heavy atom. The average Bonchev–Trinajstić information content (AvgIpc) is 2.93. The fourth-order valence-corrected chi connectivity index (χ4v) is 1.99. The second-order valence-corrected chi connectivity index (χ2v) is 4.54. The van der Waals surface area contributed by atoms with E-state index in [0.29, 0.717) is 23.1 Å². The summed E-state index contributed by atoms with van der Waals surface area (Å²) in [5, 5.41) is 0. The van der Waals surface area contributed by atoms with Crippen molar-refractivity contribution in [2.45, 2.75) is 0 Å². The normalized spacial score (nSPS) is 12.3. The van der Waals surface area contributed by atoms with Crippen LogP contribution in [0.25, 0.3) is 11.4 Å². The van der Waals surface area contributed by atoms with Gasteiger partial charge in [-0.3, -0.25) is 0 Å². The maximum atomic E-state index is 5.40. The molecule has 0 radical (unpaired) electrons. The molecule has 1 aliphatic heterocycles. The van der Waals surface area contributed by atoms with Crippen molar-refractivity contribution in [1.29, 1.82) is 0 Å². The van der Waals surface area contributed by atoms with Gasteiger partial charge in [-0.15, -0.1) is 0 Å². The molecule has 1 aromatic heterocycles. The molecule has 0 amide bonds. The Bertz CT molecular complexity index is 644. The zero-order chi connectivity index (χ0) is 14.1. The minimum atomic E-state index is 0.223. The second kappa shape index (κ2) is 4.88. The van der Waals surface area contributed by atoms with Gasteiger partial charge in [-0.1, -0.05) is 0 Å². The summed E-state index contributed by atoms with van der Waals surface area (Å²) in [5.41, 5.74) is 0.778. The van der Waals surface area contributed by atoms with E-state index < -0.39 is 0 Å². The van der Waals surface area contributed by atoms with E-state index >= 15 is 0 Å². The SMILES string of the molecule is COc1cc2c(cc1-c1nccc(N(C)C)n1)OCO2. The van der Waals surface area contributed by atoms with Gasteiger partial charge in [0.05, 0.1) is 12.7 Å². The van der Waals surface area contributed by atoms with E-state index in [4.69, 9.17) is 14.2 Å². The fraction of sp³-hybridized carbons (Fsp3) is 0.286. The maximum absolute atomic E-state index is 5.40. The third kappa shape index (κ3) is 2.09. The molecule has 0 N–H and O–H groups in total. The van der Waals surface area contributed by atoms with Gasteiger partial charge in [-0.25, -0.2) is 9.97 Å². The molecule has 0 unspecified atom stereocenters. The van der Waals surface area contributed by atoms with Gasteiger partial charge in [0.25, 0.3) is 0 Å². The van der Waals surface area contributed by atoms with Crippen LogP contribution in [0.3, 0.4) is 0 Å². The number of aromatic nitrogens is 2. The molecule has 0 atom stereocenters. The summed E-state index contributed by atoms with van der Waals surface area (Å²) in [7, 11) is 5.48. The molecule has 0 fully saturated rings. The molecular formula is C14H15N3O3. The lowest BCUT2D eigenvalue weighted by molar-refractivity contribution is 0.174. The smallest absolute Gasteiger partial charge is 0.231 e. The van der Waals surface area contributed by atoms with Crippen LogP contribution in [0.5, 0.6) is 17.2 Å². The average molecular weight is 273 g/mol. The Labute approximate surface area is 116 Å². The number of hydrogen-bond acceptors (Lipinski definition) is 6. The van der Waals surface area contributed by atoms with Crippen molar-refractivity contribution in [2.75, 3.05) is 32.9 Å². The minimum Gasteiger partial charge on any atom is -0.496 e. The monoisotopic (exact) mass is 273 g/mol. The van der Waals surface area contributed by atoms with E-state index in [9.17, 15) is 0 Å². The van der Waals surface area contributed by atoms with Crippen LogP contribution in [0.4, 0.5) is 5.82 Å². The predicted octanol–water partition coefficient (Wildman–Crippen LogP) is 1.95. The van der Waals surface area contributed by atoms with E-state index in [-0.39, 0.29) is 6.79 Å². The minimum absolute atomic E-state index is 0.223. The second-order valence-electron chi connectivity index (χ2n) is 4.54. The number of nitrogens with zero attached hydrogens (tertiary/aromatic N) is 3. The van der Waals surface area contributed by atoms with Crippen LogP contribution < -0.4 is 19.1 Å². The van der Waals surface area contributed by atoms with Gasteiger partial charge < -0.3 is 19.1 Å². The number of hydrogen-bond donors (Lipinski definition) is 0. The molecule has 1 aromatic carbocycles. The topological polar surface area (TPSA) is 56.7 Å². The molecule has 104 valence electrons. The fourth-order valence-electron chi connectivity index (χ4n) is 1.99. The van der Waals surface area contributed by atoms with E-state index in [1.54, 1.807) is 19.4 Å². The first kappa shape index (κ1) is 12.5. The lowest BCUT2D eigenvalue weighted by atomic mass is 10.1. The standard InChI is InChI=1S/C14H15N3O3/c1-17(2)13-4-5-15-14(16-13)9-6-11-12(20-8-19-11)7-10(9)18-3/h4-7H,8H2,1-3H3. The highest BCUT2D eigenvalue weighted by Gasteiger charge is 2.20. The molecule has 0 spiro atoms. The van der Waals surface area contributed by atoms with Crippen molar-refractivity contribution >= 4 is 5.82 Å². The quantitative estimate of drug-likeness (QED) is 0.852. The Morgan fingerprint density at radius 3 is 2.65 bits per heavy atom. The summed E-state index contributed by atoms with van der Waals surface area (Å²) in [6, 6.07) is 5.49. The first-order chi connectivity index (χ1) is 9.69. The number of methoxy groups -OCH3 is 1. The molecular weight excluding hydrogens is 258 g/mol. The number of rotatable bonds is 3. The summed E-state index contributed by atoms with van der Waals surface area (Å²) < 4.78 is 16.1.